The van der Waals surface area contributed by atoms with Crippen molar-refractivity contribution in [1.29, 1.82) is 0 Å². The zero-order valence-corrected chi connectivity index (χ0v) is 11.3. The average molecular weight is 276 g/mol. The van der Waals surface area contributed by atoms with Crippen molar-refractivity contribution in [3.63, 3.8) is 0 Å². The number of hydrogen-bond acceptors (Lipinski definition) is 2. The van der Waals surface area contributed by atoms with Crippen LogP contribution in [-0.2, 0) is 17.3 Å². The van der Waals surface area contributed by atoms with Crippen molar-refractivity contribution >= 4 is 0 Å². The monoisotopic (exact) mass is 276 g/mol. The Labute approximate surface area is 111 Å². The quantitative estimate of drug-likeness (QED) is 0.894. The molecule has 1 rings (SSSR count). The molecular formula is C14H19F3O2. The Morgan fingerprint density at radius 3 is 2.05 bits per heavy atom. The second-order valence-corrected chi connectivity index (χ2v) is 5.06. The molecule has 1 atom stereocenters. The lowest BCUT2D eigenvalue weighted by molar-refractivity contribution is -0.137. The first-order chi connectivity index (χ1) is 8.69. The molecular weight excluding hydrogens is 257 g/mol. The van der Waals surface area contributed by atoms with Crippen molar-refractivity contribution in [1.82, 2.24) is 0 Å². The summed E-state index contributed by atoms with van der Waals surface area (Å²) in [6.07, 6.45) is -4.07. The highest BCUT2D eigenvalue weighted by Crippen LogP contribution is 2.30. The van der Waals surface area contributed by atoms with E-state index in [1.807, 2.05) is 13.8 Å². The van der Waals surface area contributed by atoms with Crippen LogP contribution >= 0.6 is 0 Å². The maximum absolute atomic E-state index is 12.4. The minimum Gasteiger partial charge on any atom is -0.387 e. The van der Waals surface area contributed by atoms with Gasteiger partial charge in [-0.3, -0.25) is 0 Å². The van der Waals surface area contributed by atoms with Crippen molar-refractivity contribution in [2.45, 2.75) is 32.0 Å². The highest BCUT2D eigenvalue weighted by atomic mass is 19.4. The van der Waals surface area contributed by atoms with Gasteiger partial charge in [0.05, 0.1) is 17.8 Å². The molecule has 0 aliphatic carbocycles. The second kappa shape index (κ2) is 5.92. The van der Waals surface area contributed by atoms with Crippen LogP contribution in [0.15, 0.2) is 24.3 Å². The molecule has 19 heavy (non-hydrogen) atoms. The highest BCUT2D eigenvalue weighted by Gasteiger charge is 2.33. The third kappa shape index (κ3) is 4.21. The summed E-state index contributed by atoms with van der Waals surface area (Å²) in [5, 5.41) is 10.4. The van der Waals surface area contributed by atoms with Crippen LogP contribution in [-0.4, -0.2) is 24.4 Å². The van der Waals surface area contributed by atoms with Crippen molar-refractivity contribution in [3.8, 4) is 0 Å². The van der Waals surface area contributed by atoms with E-state index in [1.165, 1.54) is 19.2 Å². The topological polar surface area (TPSA) is 29.5 Å². The zero-order valence-electron chi connectivity index (χ0n) is 11.3. The fourth-order valence-electron chi connectivity index (χ4n) is 1.84. The number of rotatable bonds is 5. The van der Waals surface area contributed by atoms with Gasteiger partial charge >= 0.3 is 6.18 Å². The van der Waals surface area contributed by atoms with Crippen molar-refractivity contribution < 1.29 is 23.0 Å². The molecule has 1 unspecified atom stereocenters. The number of aliphatic hydroxyl groups is 1. The normalized spacial score (nSPS) is 15.6. The first kappa shape index (κ1) is 16.0. The summed E-state index contributed by atoms with van der Waals surface area (Å²) in [4.78, 5) is 0. The maximum Gasteiger partial charge on any atom is 0.416 e. The van der Waals surface area contributed by atoms with Crippen LogP contribution in [0.5, 0.6) is 0 Å². The summed E-state index contributed by atoms with van der Waals surface area (Å²) in [5.74, 6) is -0.0604. The number of methoxy groups -OCH3 is 1. The molecule has 0 heterocycles. The molecule has 0 saturated heterocycles. The molecule has 0 spiro atoms. The van der Waals surface area contributed by atoms with Gasteiger partial charge in [-0.15, -0.1) is 0 Å². The van der Waals surface area contributed by atoms with Crippen LogP contribution in [0.2, 0.25) is 0 Å². The standard InChI is InChI=1S/C14H19F3O2/c1-10(2)13(18,9-19-3)8-11-4-6-12(7-5-11)14(15,16)17/h4-7,10,18H,8-9H2,1-3H3. The molecule has 5 heteroatoms. The van der Waals surface area contributed by atoms with Gasteiger partial charge in [0.15, 0.2) is 0 Å². The van der Waals surface area contributed by atoms with E-state index in [0.29, 0.717) is 5.56 Å². The molecule has 0 aliphatic rings. The molecule has 0 bridgehead atoms. The van der Waals surface area contributed by atoms with Gasteiger partial charge < -0.3 is 9.84 Å². The van der Waals surface area contributed by atoms with Gasteiger partial charge in [-0.2, -0.15) is 13.2 Å². The molecule has 0 aliphatic heterocycles. The highest BCUT2D eigenvalue weighted by molar-refractivity contribution is 5.25. The van der Waals surface area contributed by atoms with E-state index in [-0.39, 0.29) is 18.9 Å². The van der Waals surface area contributed by atoms with Crippen LogP contribution in [0, 0.1) is 5.92 Å². The lowest BCUT2D eigenvalue weighted by Crippen LogP contribution is -2.42. The minimum absolute atomic E-state index is 0.0604. The first-order valence-electron chi connectivity index (χ1n) is 6.06. The van der Waals surface area contributed by atoms with Crippen LogP contribution in [0.3, 0.4) is 0 Å². The summed E-state index contributed by atoms with van der Waals surface area (Å²) in [7, 11) is 1.49. The summed E-state index contributed by atoms with van der Waals surface area (Å²) in [5.41, 5.74) is -1.11. The molecule has 0 amide bonds. The molecule has 1 N–H and O–H groups in total. The van der Waals surface area contributed by atoms with Gasteiger partial charge in [-0.25, -0.2) is 0 Å². The maximum atomic E-state index is 12.4. The molecule has 1 aromatic rings. The van der Waals surface area contributed by atoms with Crippen LogP contribution in [0.25, 0.3) is 0 Å². The average Bonchev–Trinajstić information content (AvgIpc) is 2.28. The Bertz CT molecular complexity index is 398. The van der Waals surface area contributed by atoms with E-state index in [0.717, 1.165) is 12.1 Å². The van der Waals surface area contributed by atoms with Crippen LogP contribution in [0.1, 0.15) is 25.0 Å². The van der Waals surface area contributed by atoms with E-state index >= 15 is 0 Å². The SMILES string of the molecule is COCC(O)(Cc1ccc(C(F)(F)F)cc1)C(C)C. The molecule has 108 valence electrons. The largest absolute Gasteiger partial charge is 0.416 e. The number of alkyl halides is 3. The van der Waals surface area contributed by atoms with E-state index < -0.39 is 17.3 Å². The van der Waals surface area contributed by atoms with Gasteiger partial charge in [0.25, 0.3) is 0 Å². The Morgan fingerprint density at radius 2 is 1.68 bits per heavy atom. The predicted octanol–water partition coefficient (Wildman–Crippen LogP) is 3.28. The predicted molar refractivity (Wildman–Crippen MR) is 66.8 cm³/mol. The number of benzene rings is 1. The summed E-state index contributed by atoms with van der Waals surface area (Å²) >= 11 is 0. The van der Waals surface area contributed by atoms with E-state index in [2.05, 4.69) is 0 Å². The lowest BCUT2D eigenvalue weighted by Gasteiger charge is -2.31. The van der Waals surface area contributed by atoms with Gasteiger partial charge in [0.1, 0.15) is 0 Å². The summed E-state index contributed by atoms with van der Waals surface area (Å²) in [6, 6.07) is 4.85. The van der Waals surface area contributed by atoms with Gasteiger partial charge in [0.2, 0.25) is 0 Å². The number of ether oxygens (including phenoxy) is 1. The number of halogens is 3. The van der Waals surface area contributed by atoms with Crippen molar-refractivity contribution in [2.24, 2.45) is 5.92 Å². The van der Waals surface area contributed by atoms with Crippen LogP contribution < -0.4 is 0 Å². The van der Waals surface area contributed by atoms with Crippen molar-refractivity contribution in [3.05, 3.63) is 35.4 Å². The molecule has 0 saturated carbocycles. The van der Waals surface area contributed by atoms with E-state index in [4.69, 9.17) is 4.74 Å². The Balaban J connectivity index is 2.87. The third-order valence-corrected chi connectivity index (χ3v) is 3.26. The zero-order chi connectivity index (χ0) is 14.7. The fourth-order valence-corrected chi connectivity index (χ4v) is 1.84. The Hall–Kier alpha value is -1.07. The molecule has 1 aromatic carbocycles. The number of hydrogen-bond donors (Lipinski definition) is 1. The fraction of sp³-hybridized carbons (Fsp3) is 0.571. The lowest BCUT2D eigenvalue weighted by atomic mass is 9.85. The summed E-state index contributed by atoms with van der Waals surface area (Å²) in [6.45, 7) is 3.85. The first-order valence-corrected chi connectivity index (χ1v) is 6.06. The molecule has 0 aromatic heterocycles. The molecule has 0 fully saturated rings. The van der Waals surface area contributed by atoms with Crippen LogP contribution in [0.4, 0.5) is 13.2 Å². The van der Waals surface area contributed by atoms with Gasteiger partial charge in [-0.1, -0.05) is 26.0 Å². The molecule has 2 nitrogen and oxygen atoms in total. The van der Waals surface area contributed by atoms with Gasteiger partial charge in [0, 0.05) is 13.5 Å². The second-order valence-electron chi connectivity index (χ2n) is 5.06. The minimum atomic E-state index is -4.33. The van der Waals surface area contributed by atoms with E-state index in [1.54, 1.807) is 0 Å². The summed E-state index contributed by atoms with van der Waals surface area (Å²) < 4.78 is 42.3. The smallest absolute Gasteiger partial charge is 0.387 e. The Kier molecular flexibility index (Phi) is 4.98. The van der Waals surface area contributed by atoms with E-state index in [9.17, 15) is 18.3 Å². The van der Waals surface area contributed by atoms with Gasteiger partial charge in [-0.05, 0) is 23.6 Å². The van der Waals surface area contributed by atoms with Crippen molar-refractivity contribution in [2.75, 3.05) is 13.7 Å². The Morgan fingerprint density at radius 1 is 1.16 bits per heavy atom. The third-order valence-electron chi connectivity index (χ3n) is 3.26. The molecule has 0 radical (unpaired) electrons.